The number of aromatic nitrogens is 2. The van der Waals surface area contributed by atoms with Crippen LogP contribution >= 0.6 is 0 Å². The summed E-state index contributed by atoms with van der Waals surface area (Å²) in [6, 6.07) is 1.81. The van der Waals surface area contributed by atoms with Gasteiger partial charge in [0.2, 0.25) is 0 Å². The molecule has 0 aliphatic carbocycles. The van der Waals surface area contributed by atoms with Gasteiger partial charge < -0.3 is 10.4 Å². The third-order valence-electron chi connectivity index (χ3n) is 3.59. The van der Waals surface area contributed by atoms with Gasteiger partial charge in [0.1, 0.15) is 5.82 Å². The summed E-state index contributed by atoms with van der Waals surface area (Å²) in [5, 5.41) is 18.8. The zero-order valence-electron chi connectivity index (χ0n) is 12.6. The lowest BCUT2D eigenvalue weighted by molar-refractivity contribution is 0.238. The van der Waals surface area contributed by atoms with Crippen molar-refractivity contribution in [3.05, 3.63) is 12.3 Å². The largest absolute Gasteiger partial charge is 0.396 e. The zero-order valence-corrected chi connectivity index (χ0v) is 12.6. The number of nitrogens with one attached hydrogen (secondary N) is 2. The van der Waals surface area contributed by atoms with Crippen LogP contribution in [-0.2, 0) is 0 Å². The molecule has 6 nitrogen and oxygen atoms in total. The monoisotopic (exact) mass is 282 g/mol. The van der Waals surface area contributed by atoms with Crippen molar-refractivity contribution < 1.29 is 9.90 Å². The second-order valence-electron chi connectivity index (χ2n) is 5.04. The lowest BCUT2D eigenvalue weighted by Crippen LogP contribution is -2.34. The highest BCUT2D eigenvalue weighted by molar-refractivity contribution is 5.88. The van der Waals surface area contributed by atoms with Gasteiger partial charge in [0.15, 0.2) is 0 Å². The molecule has 20 heavy (non-hydrogen) atoms. The Morgan fingerprint density at radius 1 is 1.45 bits per heavy atom. The van der Waals surface area contributed by atoms with Crippen molar-refractivity contribution in [2.45, 2.75) is 46.1 Å². The number of rotatable bonds is 8. The number of hydrogen-bond acceptors (Lipinski definition) is 3. The molecule has 1 aromatic heterocycles. The van der Waals surface area contributed by atoms with E-state index in [1.165, 1.54) is 0 Å². The number of amides is 2. The molecule has 0 radical (unpaired) electrons. The van der Waals surface area contributed by atoms with Crippen LogP contribution in [0.4, 0.5) is 10.6 Å². The number of carbonyl (C=O) groups is 1. The standard InChI is InChI=1S/C14H26N4O2/c1-4-11(3)18-13(6-8-16-18)17-14(20)15-10-12(5-2)7-9-19/h6,8,11-12,19H,4-5,7,9-10H2,1-3H3,(H2,15,17,20). The highest BCUT2D eigenvalue weighted by Gasteiger charge is 2.12. The molecule has 0 fully saturated rings. The first-order valence-corrected chi connectivity index (χ1v) is 7.31. The molecular weight excluding hydrogens is 256 g/mol. The van der Waals surface area contributed by atoms with Crippen LogP contribution < -0.4 is 10.6 Å². The first kappa shape index (κ1) is 16.5. The van der Waals surface area contributed by atoms with E-state index in [-0.39, 0.29) is 18.7 Å². The smallest absolute Gasteiger partial charge is 0.320 e. The molecule has 0 spiro atoms. The molecular formula is C14H26N4O2. The average Bonchev–Trinajstić information content (AvgIpc) is 2.90. The molecule has 1 rings (SSSR count). The Bertz CT molecular complexity index is 406. The summed E-state index contributed by atoms with van der Waals surface area (Å²) < 4.78 is 1.81. The van der Waals surface area contributed by atoms with Crippen molar-refractivity contribution in [2.24, 2.45) is 5.92 Å². The van der Waals surface area contributed by atoms with Crippen LogP contribution in [0.5, 0.6) is 0 Å². The van der Waals surface area contributed by atoms with Gasteiger partial charge in [-0.2, -0.15) is 5.10 Å². The highest BCUT2D eigenvalue weighted by atomic mass is 16.3. The fourth-order valence-corrected chi connectivity index (χ4v) is 1.97. The Balaban J connectivity index is 2.48. The quantitative estimate of drug-likeness (QED) is 0.685. The van der Waals surface area contributed by atoms with Crippen LogP contribution in [0.15, 0.2) is 12.3 Å². The molecule has 0 saturated heterocycles. The molecule has 0 aliphatic rings. The van der Waals surface area contributed by atoms with E-state index in [1.54, 1.807) is 12.3 Å². The SMILES string of the molecule is CCC(CCO)CNC(=O)Nc1ccnn1C(C)CC. The van der Waals surface area contributed by atoms with E-state index in [4.69, 9.17) is 5.11 Å². The molecule has 0 aliphatic heterocycles. The predicted octanol–water partition coefficient (Wildman–Crippen LogP) is 2.38. The Hall–Kier alpha value is -1.56. The number of anilines is 1. The molecule has 2 unspecified atom stereocenters. The van der Waals surface area contributed by atoms with Crippen molar-refractivity contribution in [3.63, 3.8) is 0 Å². The second-order valence-corrected chi connectivity index (χ2v) is 5.04. The summed E-state index contributed by atoms with van der Waals surface area (Å²) in [5.74, 6) is 1.01. The van der Waals surface area contributed by atoms with Crippen molar-refractivity contribution in [3.8, 4) is 0 Å². The fraction of sp³-hybridized carbons (Fsp3) is 0.714. The van der Waals surface area contributed by atoms with Gasteiger partial charge in [0.05, 0.1) is 12.2 Å². The Morgan fingerprint density at radius 3 is 2.80 bits per heavy atom. The van der Waals surface area contributed by atoms with Gasteiger partial charge in [-0.15, -0.1) is 0 Å². The topological polar surface area (TPSA) is 79.2 Å². The van der Waals surface area contributed by atoms with E-state index in [9.17, 15) is 4.79 Å². The minimum Gasteiger partial charge on any atom is -0.396 e. The summed E-state index contributed by atoms with van der Waals surface area (Å²) in [6.07, 6.45) is 4.28. The van der Waals surface area contributed by atoms with Crippen LogP contribution in [0.25, 0.3) is 0 Å². The maximum Gasteiger partial charge on any atom is 0.320 e. The molecule has 1 heterocycles. The first-order chi connectivity index (χ1) is 9.62. The molecule has 1 aromatic rings. The molecule has 0 bridgehead atoms. The Labute approximate surface area is 120 Å². The van der Waals surface area contributed by atoms with Crippen LogP contribution in [-0.4, -0.2) is 34.1 Å². The second kappa shape index (κ2) is 8.58. The molecule has 2 amide bonds. The lowest BCUT2D eigenvalue weighted by atomic mass is 10.0. The number of aliphatic hydroxyl groups excluding tert-OH is 1. The molecule has 3 N–H and O–H groups in total. The normalized spacial score (nSPS) is 13.8. The number of aliphatic hydroxyl groups is 1. The summed E-state index contributed by atoms with van der Waals surface area (Å²) in [7, 11) is 0. The molecule has 114 valence electrons. The van der Waals surface area contributed by atoms with E-state index in [1.807, 2.05) is 4.68 Å². The van der Waals surface area contributed by atoms with Crippen molar-refractivity contribution in [1.29, 1.82) is 0 Å². The minimum absolute atomic E-state index is 0.155. The van der Waals surface area contributed by atoms with Gasteiger partial charge >= 0.3 is 6.03 Å². The summed E-state index contributed by atoms with van der Waals surface area (Å²) >= 11 is 0. The number of hydrogen-bond donors (Lipinski definition) is 3. The van der Waals surface area contributed by atoms with Crippen molar-refractivity contribution in [1.82, 2.24) is 15.1 Å². The van der Waals surface area contributed by atoms with Gasteiger partial charge in [-0.3, -0.25) is 5.32 Å². The van der Waals surface area contributed by atoms with E-state index in [2.05, 4.69) is 36.5 Å². The Kier molecular flexibility index (Phi) is 7.08. The Morgan fingerprint density at radius 2 is 2.20 bits per heavy atom. The average molecular weight is 282 g/mol. The molecule has 0 saturated carbocycles. The maximum atomic E-state index is 11.9. The van der Waals surface area contributed by atoms with E-state index >= 15 is 0 Å². The fourth-order valence-electron chi connectivity index (χ4n) is 1.97. The zero-order chi connectivity index (χ0) is 15.0. The van der Waals surface area contributed by atoms with E-state index in [0.717, 1.165) is 12.8 Å². The number of nitrogens with zero attached hydrogens (tertiary/aromatic N) is 2. The maximum absolute atomic E-state index is 11.9. The van der Waals surface area contributed by atoms with Gasteiger partial charge in [0, 0.05) is 19.2 Å². The van der Waals surface area contributed by atoms with Crippen molar-refractivity contribution >= 4 is 11.8 Å². The van der Waals surface area contributed by atoms with Crippen molar-refractivity contribution in [2.75, 3.05) is 18.5 Å². The lowest BCUT2D eigenvalue weighted by Gasteiger charge is -2.17. The first-order valence-electron chi connectivity index (χ1n) is 7.31. The number of carbonyl (C=O) groups excluding carboxylic acids is 1. The minimum atomic E-state index is -0.230. The van der Waals surface area contributed by atoms with Crippen LogP contribution in [0.1, 0.15) is 46.1 Å². The van der Waals surface area contributed by atoms with Crippen LogP contribution in [0.3, 0.4) is 0 Å². The summed E-state index contributed by atoms with van der Waals surface area (Å²) in [6.45, 7) is 6.92. The number of urea groups is 1. The van der Waals surface area contributed by atoms with E-state index < -0.39 is 0 Å². The highest BCUT2D eigenvalue weighted by Crippen LogP contribution is 2.16. The summed E-state index contributed by atoms with van der Waals surface area (Å²) in [4.78, 5) is 11.9. The molecule has 2 atom stereocenters. The predicted molar refractivity (Wildman–Crippen MR) is 79.7 cm³/mol. The molecule has 6 heteroatoms. The third-order valence-corrected chi connectivity index (χ3v) is 3.59. The van der Waals surface area contributed by atoms with E-state index in [0.29, 0.717) is 24.7 Å². The third kappa shape index (κ3) is 4.85. The van der Waals surface area contributed by atoms with Gasteiger partial charge in [-0.05, 0) is 25.7 Å². The van der Waals surface area contributed by atoms with Gasteiger partial charge in [-0.1, -0.05) is 20.3 Å². The van der Waals surface area contributed by atoms with Gasteiger partial charge in [-0.25, -0.2) is 9.48 Å². The summed E-state index contributed by atoms with van der Waals surface area (Å²) in [5.41, 5.74) is 0. The molecule has 0 aromatic carbocycles. The van der Waals surface area contributed by atoms with Gasteiger partial charge in [0.25, 0.3) is 0 Å². The van der Waals surface area contributed by atoms with Crippen LogP contribution in [0, 0.1) is 5.92 Å². The van der Waals surface area contributed by atoms with Crippen LogP contribution in [0.2, 0.25) is 0 Å².